The molecule has 3 aromatic rings. The van der Waals surface area contributed by atoms with E-state index in [4.69, 9.17) is 16.1 Å². The van der Waals surface area contributed by atoms with Crippen LogP contribution in [0.15, 0.2) is 40.9 Å². The Kier molecular flexibility index (Phi) is 5.99. The number of carbonyl (C=O) groups is 2. The third kappa shape index (κ3) is 4.46. The summed E-state index contributed by atoms with van der Waals surface area (Å²) in [5.41, 5.74) is 2.43. The van der Waals surface area contributed by atoms with Crippen molar-refractivity contribution in [3.63, 3.8) is 0 Å². The zero-order valence-electron chi connectivity index (χ0n) is 16.8. The third-order valence-electron chi connectivity index (χ3n) is 5.17. The van der Waals surface area contributed by atoms with Crippen LogP contribution in [0.25, 0.3) is 11.3 Å². The van der Waals surface area contributed by atoms with E-state index in [2.05, 4.69) is 10.3 Å². The van der Waals surface area contributed by atoms with Gasteiger partial charge in [-0.15, -0.1) is 0 Å². The summed E-state index contributed by atoms with van der Waals surface area (Å²) in [6, 6.07) is 11.0. The first-order valence-electron chi connectivity index (χ1n) is 10.1. The van der Waals surface area contributed by atoms with Crippen molar-refractivity contribution in [2.24, 2.45) is 0 Å². The van der Waals surface area contributed by atoms with Gasteiger partial charge >= 0.3 is 0 Å². The van der Waals surface area contributed by atoms with Crippen LogP contribution in [0, 0.1) is 0 Å². The minimum Gasteiger partial charge on any atom is -0.360 e. The van der Waals surface area contributed by atoms with Crippen LogP contribution >= 0.6 is 11.6 Å². The fourth-order valence-electron chi connectivity index (χ4n) is 3.60. The number of ketones is 1. The Morgan fingerprint density at radius 2 is 2.03 bits per heavy atom. The maximum absolute atomic E-state index is 12.7. The molecule has 156 valence electrons. The number of amides is 1. The average molecular weight is 427 g/mol. The molecule has 1 amide bonds. The maximum Gasteiger partial charge on any atom is 0.228 e. The van der Waals surface area contributed by atoms with E-state index < -0.39 is 0 Å². The lowest BCUT2D eigenvalue weighted by atomic mass is 10.1. The Morgan fingerprint density at radius 1 is 1.17 bits per heavy atom. The fraction of sp³-hybridized carbons (Fsp3) is 0.364. The predicted octanol–water partition coefficient (Wildman–Crippen LogP) is 4.08. The molecule has 4 rings (SSSR count). The van der Waals surface area contributed by atoms with Crippen LogP contribution in [0.5, 0.6) is 0 Å². The molecular weight excluding hydrogens is 404 g/mol. The van der Waals surface area contributed by atoms with Gasteiger partial charge in [0.05, 0.1) is 12.1 Å². The van der Waals surface area contributed by atoms with Crippen molar-refractivity contribution >= 4 is 29.1 Å². The summed E-state index contributed by atoms with van der Waals surface area (Å²) >= 11 is 6.01. The van der Waals surface area contributed by atoms with Crippen molar-refractivity contribution in [1.29, 1.82) is 0 Å². The monoisotopic (exact) mass is 426 g/mol. The van der Waals surface area contributed by atoms with Crippen LogP contribution in [-0.2, 0) is 29.0 Å². The molecule has 7 nitrogen and oxygen atoms in total. The number of halogens is 1. The molecule has 0 radical (unpaired) electrons. The smallest absolute Gasteiger partial charge is 0.228 e. The number of anilines is 1. The highest BCUT2D eigenvalue weighted by Crippen LogP contribution is 2.24. The van der Waals surface area contributed by atoms with Gasteiger partial charge in [0, 0.05) is 48.6 Å². The second-order valence-electron chi connectivity index (χ2n) is 7.37. The number of aromatic nitrogens is 3. The van der Waals surface area contributed by atoms with Crippen molar-refractivity contribution in [3.8, 4) is 11.3 Å². The molecule has 30 heavy (non-hydrogen) atoms. The minimum absolute atomic E-state index is 0.0518. The van der Waals surface area contributed by atoms with Gasteiger partial charge in [-0.1, -0.05) is 35.8 Å². The molecule has 1 aliphatic rings. The van der Waals surface area contributed by atoms with Gasteiger partial charge in [0.25, 0.3) is 0 Å². The second-order valence-corrected chi connectivity index (χ2v) is 7.81. The van der Waals surface area contributed by atoms with Gasteiger partial charge < -0.3 is 4.52 Å². The van der Waals surface area contributed by atoms with E-state index in [1.54, 1.807) is 23.1 Å². The summed E-state index contributed by atoms with van der Waals surface area (Å²) in [4.78, 5) is 26.9. The zero-order chi connectivity index (χ0) is 21.1. The van der Waals surface area contributed by atoms with Crippen molar-refractivity contribution in [2.45, 2.75) is 45.6 Å². The summed E-state index contributed by atoms with van der Waals surface area (Å²) in [5.74, 6) is 1.20. The molecule has 1 aliphatic heterocycles. The number of hydrogen-bond acceptors (Lipinski definition) is 5. The molecule has 0 atom stereocenters. The number of fused-ring (bicyclic) bond motifs is 1. The van der Waals surface area contributed by atoms with Crippen molar-refractivity contribution < 1.29 is 14.1 Å². The van der Waals surface area contributed by atoms with Crippen LogP contribution < -0.4 is 4.90 Å². The number of Topliss-reactive ketones (excluding diaryl/α,β-unsaturated/α-hetero) is 1. The summed E-state index contributed by atoms with van der Waals surface area (Å²) < 4.78 is 7.18. The molecule has 0 N–H and O–H groups in total. The normalized spacial score (nSPS) is 13.3. The molecule has 3 heterocycles. The van der Waals surface area contributed by atoms with Gasteiger partial charge in [-0.3, -0.25) is 14.5 Å². The van der Waals surface area contributed by atoms with Crippen molar-refractivity contribution in [2.75, 3.05) is 11.4 Å². The predicted molar refractivity (Wildman–Crippen MR) is 113 cm³/mol. The Balaban J connectivity index is 1.33. The number of nitrogens with zero attached hydrogens (tertiary/aromatic N) is 4. The van der Waals surface area contributed by atoms with Gasteiger partial charge in [-0.25, -0.2) is 4.68 Å². The lowest BCUT2D eigenvalue weighted by Gasteiger charge is -2.27. The summed E-state index contributed by atoms with van der Waals surface area (Å²) in [7, 11) is 0. The van der Waals surface area contributed by atoms with Crippen molar-refractivity contribution in [1.82, 2.24) is 14.9 Å². The molecule has 0 bridgehead atoms. The Hall–Kier alpha value is -2.93. The van der Waals surface area contributed by atoms with E-state index in [1.807, 2.05) is 29.8 Å². The highest BCUT2D eigenvalue weighted by Gasteiger charge is 2.24. The first-order valence-corrected chi connectivity index (χ1v) is 10.5. The summed E-state index contributed by atoms with van der Waals surface area (Å²) in [6.45, 7) is 3.52. The highest BCUT2D eigenvalue weighted by atomic mass is 35.5. The third-order valence-corrected chi connectivity index (χ3v) is 5.40. The van der Waals surface area contributed by atoms with Crippen LogP contribution in [0.3, 0.4) is 0 Å². The molecule has 0 fully saturated rings. The Labute approximate surface area is 179 Å². The number of carbonyl (C=O) groups excluding carboxylic acids is 2. The van der Waals surface area contributed by atoms with E-state index in [0.717, 1.165) is 36.5 Å². The average Bonchev–Trinajstić information content (AvgIpc) is 3.38. The Morgan fingerprint density at radius 3 is 2.83 bits per heavy atom. The molecule has 0 spiro atoms. The van der Waals surface area contributed by atoms with Crippen LogP contribution in [0.1, 0.15) is 37.6 Å². The number of benzene rings is 1. The van der Waals surface area contributed by atoms with Crippen LogP contribution in [0.4, 0.5) is 5.82 Å². The zero-order valence-corrected chi connectivity index (χ0v) is 17.6. The van der Waals surface area contributed by atoms with E-state index in [-0.39, 0.29) is 31.0 Å². The molecule has 0 aliphatic carbocycles. The number of rotatable bonds is 7. The standard InChI is InChI=1S/C22H23ClN4O3/c1-2-17-12-21-26(9-4-10-27(21)24-17)22(29)8-7-18(28)13-19-14-20(25-30-19)15-5-3-6-16(23)11-15/h3,5-6,11-12,14H,2,4,7-10,13H2,1H3. The molecule has 8 heteroatoms. The fourth-order valence-corrected chi connectivity index (χ4v) is 3.79. The molecular formula is C22H23ClN4O3. The van der Waals surface area contributed by atoms with Crippen LogP contribution in [-0.4, -0.2) is 33.2 Å². The highest BCUT2D eigenvalue weighted by molar-refractivity contribution is 6.30. The van der Waals surface area contributed by atoms with Crippen molar-refractivity contribution in [3.05, 3.63) is 52.9 Å². The van der Waals surface area contributed by atoms with Gasteiger partial charge in [0.1, 0.15) is 23.1 Å². The molecule has 0 unspecified atom stereocenters. The molecule has 2 aromatic heterocycles. The summed E-state index contributed by atoms with van der Waals surface area (Å²) in [6.07, 6.45) is 2.13. The minimum atomic E-state index is -0.0584. The van der Waals surface area contributed by atoms with Gasteiger partial charge in [-0.05, 0) is 25.0 Å². The molecule has 1 aromatic carbocycles. The maximum atomic E-state index is 12.7. The first kappa shape index (κ1) is 20.3. The van der Waals surface area contributed by atoms with E-state index in [9.17, 15) is 9.59 Å². The van der Waals surface area contributed by atoms with E-state index in [0.29, 0.717) is 23.0 Å². The van der Waals surface area contributed by atoms with Gasteiger partial charge in [0.15, 0.2) is 0 Å². The summed E-state index contributed by atoms with van der Waals surface area (Å²) in [5, 5.41) is 9.14. The number of hydrogen-bond donors (Lipinski definition) is 0. The van der Waals surface area contributed by atoms with E-state index in [1.165, 1.54) is 0 Å². The SMILES string of the molecule is CCc1cc2n(n1)CCCN2C(=O)CCC(=O)Cc1cc(-c2cccc(Cl)c2)no1. The molecule has 0 saturated heterocycles. The Bertz CT molecular complexity index is 1070. The molecule has 0 saturated carbocycles. The lowest BCUT2D eigenvalue weighted by molar-refractivity contribution is -0.124. The topological polar surface area (TPSA) is 81.2 Å². The van der Waals surface area contributed by atoms with E-state index >= 15 is 0 Å². The quantitative estimate of drug-likeness (QED) is 0.568. The largest absolute Gasteiger partial charge is 0.360 e. The van der Waals surface area contributed by atoms with Crippen LogP contribution in [0.2, 0.25) is 5.02 Å². The van der Waals surface area contributed by atoms with Gasteiger partial charge in [0.2, 0.25) is 5.91 Å². The second kappa shape index (κ2) is 8.83. The van der Waals surface area contributed by atoms with Gasteiger partial charge in [-0.2, -0.15) is 5.10 Å². The first-order chi connectivity index (χ1) is 14.5. The lowest BCUT2D eigenvalue weighted by Crippen LogP contribution is -2.37. The number of aryl methyl sites for hydroxylation is 2.